The first kappa shape index (κ1) is 29.0. The summed E-state index contributed by atoms with van der Waals surface area (Å²) in [5.74, 6) is -43.5. The summed E-state index contributed by atoms with van der Waals surface area (Å²) in [5, 5.41) is -9.21. The molecule has 0 radical (unpaired) electrons. The molecule has 0 bridgehead atoms. The minimum atomic E-state index is -2.95. The van der Waals surface area contributed by atoms with E-state index in [0.717, 1.165) is 0 Å². The summed E-state index contributed by atoms with van der Waals surface area (Å²) in [7, 11) is 0. The molecule has 0 saturated heterocycles. The van der Waals surface area contributed by atoms with E-state index in [1.165, 1.54) is 0 Å². The monoisotopic (exact) mass is 618 g/mol. The molecule has 0 aliphatic carbocycles. The zero-order valence-electron chi connectivity index (χ0n) is 19.2. The molecule has 0 spiro atoms. The van der Waals surface area contributed by atoms with E-state index in [2.05, 4.69) is 0 Å². The van der Waals surface area contributed by atoms with E-state index in [4.69, 9.17) is 0 Å². The van der Waals surface area contributed by atoms with Gasteiger partial charge in [-0.15, -0.1) is 0 Å². The Hall–Kier alpha value is -4.50. The molecule has 0 unspecified atom stereocenters. The van der Waals surface area contributed by atoms with Crippen LogP contribution in [-0.2, 0) is 0 Å². The van der Waals surface area contributed by atoms with Gasteiger partial charge in [0.25, 0.3) is 0 Å². The van der Waals surface area contributed by atoms with Gasteiger partial charge < -0.3 is 0 Å². The Morgan fingerprint density at radius 1 is 0.214 bits per heavy atom. The van der Waals surface area contributed by atoms with E-state index in [0.29, 0.717) is 0 Å². The van der Waals surface area contributed by atoms with Gasteiger partial charge in [0.2, 0.25) is 0 Å². The lowest BCUT2D eigenvalue weighted by Crippen LogP contribution is -2.10. The van der Waals surface area contributed by atoms with Crippen LogP contribution in [0.5, 0.6) is 0 Å². The standard InChI is InChI=1S/C26H2F16/c27-3-1-4(28)16(32)13(15(3)31)7-9-11(21(37)25(41)23(39)19(9)35)8(14-17(33)5(29)2-6(30)18(14)34)12-10(7)20(36)24(40)26(42)22(12)38/h1-2H. The van der Waals surface area contributed by atoms with Gasteiger partial charge in [-0.05, 0) is 0 Å². The molecule has 16 heteroatoms. The van der Waals surface area contributed by atoms with Gasteiger partial charge in [0.15, 0.2) is 93.1 Å². The van der Waals surface area contributed by atoms with Crippen molar-refractivity contribution in [1.82, 2.24) is 0 Å². The molecule has 0 amide bonds. The molecule has 0 N–H and O–H groups in total. The molecular weight excluding hydrogens is 616 g/mol. The summed E-state index contributed by atoms with van der Waals surface area (Å²) >= 11 is 0. The van der Waals surface area contributed by atoms with Crippen molar-refractivity contribution < 1.29 is 70.2 Å². The predicted octanol–water partition coefficient (Wildman–Crippen LogP) is 9.55. The highest BCUT2D eigenvalue weighted by Gasteiger charge is 2.38. The third-order valence-electron chi connectivity index (χ3n) is 6.26. The minimum absolute atomic E-state index is 0.498. The number of hydrogen-bond acceptors (Lipinski definition) is 0. The van der Waals surface area contributed by atoms with Crippen LogP contribution in [0.2, 0.25) is 0 Å². The molecule has 0 aliphatic rings. The first-order valence-corrected chi connectivity index (χ1v) is 10.7. The molecular formula is C26H2F16. The number of fused-ring (bicyclic) bond motifs is 2. The highest BCUT2D eigenvalue weighted by Crippen LogP contribution is 2.51. The molecule has 0 aromatic heterocycles. The zero-order valence-corrected chi connectivity index (χ0v) is 19.2. The van der Waals surface area contributed by atoms with Crippen LogP contribution in [0.3, 0.4) is 0 Å². The lowest BCUT2D eigenvalue weighted by Gasteiger charge is -2.21. The molecule has 42 heavy (non-hydrogen) atoms. The SMILES string of the molecule is Fc1cc(F)c(F)c(-c2c3c(F)c(F)c(F)c(F)c3c(-c3c(F)c(F)cc(F)c3F)c3c(F)c(F)c(F)c(F)c23)c1F. The van der Waals surface area contributed by atoms with E-state index < -0.39 is 149 Å². The number of benzene rings is 5. The molecule has 218 valence electrons. The molecule has 0 atom stereocenters. The Labute approximate surface area is 220 Å². The van der Waals surface area contributed by atoms with Gasteiger partial charge in [-0.3, -0.25) is 0 Å². The second-order valence-corrected chi connectivity index (χ2v) is 8.45. The Balaban J connectivity index is 2.35. The van der Waals surface area contributed by atoms with Crippen LogP contribution in [-0.4, -0.2) is 0 Å². The van der Waals surface area contributed by atoms with Crippen LogP contribution < -0.4 is 0 Å². The van der Waals surface area contributed by atoms with E-state index >= 15 is 17.6 Å². The molecule has 0 aliphatic heterocycles. The fourth-order valence-corrected chi connectivity index (χ4v) is 4.54. The van der Waals surface area contributed by atoms with Crippen LogP contribution in [0.25, 0.3) is 43.8 Å². The summed E-state index contributed by atoms with van der Waals surface area (Å²) in [6.07, 6.45) is 0. The summed E-state index contributed by atoms with van der Waals surface area (Å²) in [6, 6.07) is -0.997. The van der Waals surface area contributed by atoms with Crippen molar-refractivity contribution >= 4 is 21.5 Å². The van der Waals surface area contributed by atoms with Crippen molar-refractivity contribution in [2.45, 2.75) is 0 Å². The normalized spacial score (nSPS) is 11.8. The summed E-state index contributed by atoms with van der Waals surface area (Å²) in [6.45, 7) is 0. The number of rotatable bonds is 2. The van der Waals surface area contributed by atoms with Gasteiger partial charge in [-0.1, -0.05) is 0 Å². The van der Waals surface area contributed by atoms with Crippen molar-refractivity contribution in [1.29, 1.82) is 0 Å². The summed E-state index contributed by atoms with van der Waals surface area (Å²) in [5.41, 5.74) is -9.29. The maximum absolute atomic E-state index is 15.3. The fraction of sp³-hybridized carbons (Fsp3) is 0. The molecule has 0 fully saturated rings. The van der Waals surface area contributed by atoms with Gasteiger partial charge in [-0.2, -0.15) is 0 Å². The smallest absolute Gasteiger partial charge is 0.198 e. The van der Waals surface area contributed by atoms with Crippen LogP contribution in [0, 0.1) is 93.1 Å². The van der Waals surface area contributed by atoms with Gasteiger partial charge in [0, 0.05) is 44.8 Å². The maximum Gasteiger partial charge on any atom is 0.198 e. The number of hydrogen-bond donors (Lipinski definition) is 0. The Kier molecular flexibility index (Phi) is 6.58. The first-order valence-electron chi connectivity index (χ1n) is 10.7. The van der Waals surface area contributed by atoms with Gasteiger partial charge in [0.05, 0.1) is 11.1 Å². The molecule has 5 aromatic carbocycles. The average Bonchev–Trinajstić information content (AvgIpc) is 2.94. The van der Waals surface area contributed by atoms with Crippen LogP contribution in [0.15, 0.2) is 12.1 Å². The third kappa shape index (κ3) is 3.66. The molecule has 5 aromatic rings. The van der Waals surface area contributed by atoms with Gasteiger partial charge in [0.1, 0.15) is 0 Å². The predicted molar refractivity (Wildman–Crippen MR) is 112 cm³/mol. The lowest BCUT2D eigenvalue weighted by molar-refractivity contribution is 0.416. The zero-order chi connectivity index (χ0) is 31.3. The van der Waals surface area contributed by atoms with Crippen molar-refractivity contribution in [3.63, 3.8) is 0 Å². The van der Waals surface area contributed by atoms with Gasteiger partial charge in [-0.25, -0.2) is 70.2 Å². The van der Waals surface area contributed by atoms with E-state index in [1.807, 2.05) is 0 Å². The van der Waals surface area contributed by atoms with Crippen molar-refractivity contribution in [2.75, 3.05) is 0 Å². The van der Waals surface area contributed by atoms with Crippen molar-refractivity contribution in [3.8, 4) is 22.3 Å². The largest absolute Gasteiger partial charge is 0.204 e. The maximum atomic E-state index is 15.3. The minimum Gasteiger partial charge on any atom is -0.204 e. The molecule has 0 nitrogen and oxygen atoms in total. The highest BCUT2D eigenvalue weighted by atomic mass is 19.2. The van der Waals surface area contributed by atoms with Gasteiger partial charge >= 0.3 is 0 Å². The van der Waals surface area contributed by atoms with Crippen molar-refractivity contribution in [2.24, 2.45) is 0 Å². The van der Waals surface area contributed by atoms with Crippen molar-refractivity contribution in [3.05, 3.63) is 105 Å². The van der Waals surface area contributed by atoms with E-state index in [1.54, 1.807) is 0 Å². The van der Waals surface area contributed by atoms with Crippen LogP contribution in [0.1, 0.15) is 0 Å². The van der Waals surface area contributed by atoms with E-state index in [-0.39, 0.29) is 0 Å². The molecule has 0 saturated carbocycles. The Morgan fingerprint density at radius 2 is 0.405 bits per heavy atom. The molecule has 0 heterocycles. The quantitative estimate of drug-likeness (QED) is 0.0801. The van der Waals surface area contributed by atoms with E-state index in [9.17, 15) is 52.7 Å². The first-order chi connectivity index (χ1) is 19.5. The topological polar surface area (TPSA) is 0 Å². The molecule has 5 rings (SSSR count). The fourth-order valence-electron chi connectivity index (χ4n) is 4.54. The summed E-state index contributed by atoms with van der Waals surface area (Å²) in [4.78, 5) is 0. The number of halogens is 16. The third-order valence-corrected chi connectivity index (χ3v) is 6.26. The Bertz CT molecular complexity index is 1770. The summed E-state index contributed by atoms with van der Waals surface area (Å²) < 4.78 is 235. The average molecular weight is 618 g/mol. The lowest BCUT2D eigenvalue weighted by atomic mass is 9.83. The Morgan fingerprint density at radius 3 is 0.595 bits per heavy atom. The second-order valence-electron chi connectivity index (χ2n) is 8.45. The van der Waals surface area contributed by atoms with Crippen LogP contribution in [0.4, 0.5) is 70.2 Å². The second kappa shape index (κ2) is 9.52. The highest BCUT2D eigenvalue weighted by molar-refractivity contribution is 6.22. The van der Waals surface area contributed by atoms with Crippen LogP contribution >= 0.6 is 0 Å².